The average molecular weight is 321 g/mol. The second-order valence-electron chi connectivity index (χ2n) is 5.40. The summed E-state index contributed by atoms with van der Waals surface area (Å²) in [6, 6.07) is 6.88. The quantitative estimate of drug-likeness (QED) is 0.568. The van der Waals surface area contributed by atoms with Crippen LogP contribution in [0.4, 0.5) is 0 Å². The van der Waals surface area contributed by atoms with Gasteiger partial charge in [-0.05, 0) is 43.5 Å². The van der Waals surface area contributed by atoms with Gasteiger partial charge >= 0.3 is 5.97 Å². The van der Waals surface area contributed by atoms with Crippen molar-refractivity contribution in [3.05, 3.63) is 24.3 Å². The van der Waals surface area contributed by atoms with Gasteiger partial charge in [0.2, 0.25) is 5.91 Å². The van der Waals surface area contributed by atoms with Crippen molar-refractivity contribution in [1.29, 1.82) is 0 Å². The molecule has 6 nitrogen and oxygen atoms in total. The molecule has 1 atom stereocenters. The molecule has 0 N–H and O–H groups in total. The molecule has 0 aromatic heterocycles. The van der Waals surface area contributed by atoms with Crippen molar-refractivity contribution in [2.75, 3.05) is 27.4 Å². The number of benzene rings is 1. The Morgan fingerprint density at radius 1 is 1.17 bits per heavy atom. The molecule has 126 valence electrons. The number of likely N-dealkylation sites (tertiary alicyclic amines) is 1. The van der Waals surface area contributed by atoms with Crippen LogP contribution in [-0.2, 0) is 14.3 Å². The first-order valence-corrected chi connectivity index (χ1v) is 7.80. The van der Waals surface area contributed by atoms with Crippen molar-refractivity contribution in [3.8, 4) is 11.5 Å². The smallest absolute Gasteiger partial charge is 0.328 e. The number of hydrogen-bond donors (Lipinski definition) is 0. The zero-order valence-corrected chi connectivity index (χ0v) is 13.6. The van der Waals surface area contributed by atoms with Crippen molar-refractivity contribution in [3.63, 3.8) is 0 Å². The fourth-order valence-corrected chi connectivity index (χ4v) is 2.68. The van der Waals surface area contributed by atoms with E-state index in [9.17, 15) is 9.59 Å². The predicted molar refractivity (Wildman–Crippen MR) is 84.5 cm³/mol. The normalized spacial score (nSPS) is 17.0. The van der Waals surface area contributed by atoms with E-state index in [0.717, 1.165) is 17.9 Å². The molecule has 1 aliphatic heterocycles. The van der Waals surface area contributed by atoms with E-state index in [2.05, 4.69) is 0 Å². The molecular weight excluding hydrogens is 298 g/mol. The molecule has 1 fully saturated rings. The molecular formula is C17H23NO5. The lowest BCUT2D eigenvalue weighted by molar-refractivity contribution is -0.151. The van der Waals surface area contributed by atoms with Gasteiger partial charge in [0.25, 0.3) is 0 Å². The van der Waals surface area contributed by atoms with Gasteiger partial charge in [-0.25, -0.2) is 4.79 Å². The number of rotatable bonds is 7. The van der Waals surface area contributed by atoms with E-state index in [0.29, 0.717) is 32.4 Å². The first kappa shape index (κ1) is 17.1. The van der Waals surface area contributed by atoms with E-state index >= 15 is 0 Å². The maximum absolute atomic E-state index is 12.2. The van der Waals surface area contributed by atoms with Crippen LogP contribution in [0.5, 0.6) is 11.5 Å². The number of carbonyl (C=O) groups excluding carboxylic acids is 2. The summed E-state index contributed by atoms with van der Waals surface area (Å²) >= 11 is 0. The van der Waals surface area contributed by atoms with E-state index in [1.165, 1.54) is 7.11 Å². The number of hydrogen-bond acceptors (Lipinski definition) is 5. The standard InChI is InChI=1S/C17H23NO5/c1-21-13-7-9-14(10-8-13)23-12-4-6-16(19)18-11-3-5-15(18)17(20)22-2/h7-10,15H,3-6,11-12H2,1-2H3. The molecule has 1 amide bonds. The van der Waals surface area contributed by atoms with Gasteiger partial charge in [-0.1, -0.05) is 0 Å². The second kappa shape index (κ2) is 8.41. The minimum Gasteiger partial charge on any atom is -0.497 e. The summed E-state index contributed by atoms with van der Waals surface area (Å²) in [5.74, 6) is 1.17. The number of nitrogens with zero attached hydrogens (tertiary/aromatic N) is 1. The molecule has 6 heteroatoms. The molecule has 1 aromatic carbocycles. The highest BCUT2D eigenvalue weighted by molar-refractivity contribution is 5.85. The Bertz CT molecular complexity index is 528. The molecule has 23 heavy (non-hydrogen) atoms. The SMILES string of the molecule is COC(=O)C1CCCN1C(=O)CCCOc1ccc(OC)cc1. The van der Waals surface area contributed by atoms with Crippen LogP contribution in [0, 0.1) is 0 Å². The zero-order valence-electron chi connectivity index (χ0n) is 13.6. The minimum atomic E-state index is -0.421. The van der Waals surface area contributed by atoms with Gasteiger partial charge in [0.1, 0.15) is 17.5 Å². The van der Waals surface area contributed by atoms with Crippen molar-refractivity contribution in [2.24, 2.45) is 0 Å². The molecule has 1 aromatic rings. The zero-order chi connectivity index (χ0) is 16.7. The Kier molecular flexibility index (Phi) is 6.26. The number of carbonyl (C=O) groups is 2. The maximum atomic E-state index is 12.2. The summed E-state index contributed by atoms with van der Waals surface area (Å²) in [7, 11) is 2.97. The summed E-state index contributed by atoms with van der Waals surface area (Å²) in [6.07, 6.45) is 2.49. The monoisotopic (exact) mass is 321 g/mol. The topological polar surface area (TPSA) is 65.1 Å². The Labute approximate surface area is 136 Å². The highest BCUT2D eigenvalue weighted by Crippen LogP contribution is 2.20. The fraction of sp³-hybridized carbons (Fsp3) is 0.529. The van der Waals surface area contributed by atoms with Gasteiger partial charge in [0.05, 0.1) is 20.8 Å². The van der Waals surface area contributed by atoms with Crippen LogP contribution in [0.2, 0.25) is 0 Å². The van der Waals surface area contributed by atoms with Crippen LogP contribution >= 0.6 is 0 Å². The van der Waals surface area contributed by atoms with Gasteiger partial charge in [-0.15, -0.1) is 0 Å². The van der Waals surface area contributed by atoms with E-state index in [4.69, 9.17) is 14.2 Å². The van der Waals surface area contributed by atoms with E-state index in [1.807, 2.05) is 24.3 Å². The predicted octanol–water partition coefficient (Wildman–Crippen LogP) is 2.02. The first-order chi connectivity index (χ1) is 11.2. The molecule has 0 bridgehead atoms. The molecule has 1 saturated heterocycles. The lowest BCUT2D eigenvalue weighted by Crippen LogP contribution is -2.41. The highest BCUT2D eigenvalue weighted by Gasteiger charge is 2.34. The van der Waals surface area contributed by atoms with E-state index in [1.54, 1.807) is 12.0 Å². The largest absolute Gasteiger partial charge is 0.497 e. The molecule has 0 aliphatic carbocycles. The highest BCUT2D eigenvalue weighted by atomic mass is 16.5. The van der Waals surface area contributed by atoms with Crippen molar-refractivity contribution >= 4 is 11.9 Å². The molecule has 0 spiro atoms. The van der Waals surface area contributed by atoms with Gasteiger partial charge in [-0.2, -0.15) is 0 Å². The van der Waals surface area contributed by atoms with Crippen LogP contribution in [0.3, 0.4) is 0 Å². The van der Waals surface area contributed by atoms with E-state index in [-0.39, 0.29) is 11.9 Å². The number of ether oxygens (including phenoxy) is 3. The van der Waals surface area contributed by atoms with Crippen LogP contribution in [0.25, 0.3) is 0 Å². The van der Waals surface area contributed by atoms with Gasteiger partial charge in [0.15, 0.2) is 0 Å². The number of esters is 1. The van der Waals surface area contributed by atoms with Gasteiger partial charge in [-0.3, -0.25) is 4.79 Å². The summed E-state index contributed by atoms with van der Waals surface area (Å²) in [4.78, 5) is 25.5. The van der Waals surface area contributed by atoms with Crippen LogP contribution < -0.4 is 9.47 Å². The Morgan fingerprint density at radius 2 is 1.87 bits per heavy atom. The molecule has 0 radical (unpaired) electrons. The van der Waals surface area contributed by atoms with Crippen molar-refractivity contribution < 1.29 is 23.8 Å². The third kappa shape index (κ3) is 4.61. The fourth-order valence-electron chi connectivity index (χ4n) is 2.68. The summed E-state index contributed by atoms with van der Waals surface area (Å²) in [5.41, 5.74) is 0. The number of amides is 1. The molecule has 1 heterocycles. The summed E-state index contributed by atoms with van der Waals surface area (Å²) in [6.45, 7) is 1.08. The van der Waals surface area contributed by atoms with Crippen molar-refractivity contribution in [2.45, 2.75) is 31.7 Å². The summed E-state index contributed by atoms with van der Waals surface area (Å²) in [5, 5.41) is 0. The second-order valence-corrected chi connectivity index (χ2v) is 5.40. The Morgan fingerprint density at radius 3 is 2.52 bits per heavy atom. The lowest BCUT2D eigenvalue weighted by atomic mass is 10.2. The molecule has 2 rings (SSSR count). The first-order valence-electron chi connectivity index (χ1n) is 7.80. The third-order valence-electron chi connectivity index (χ3n) is 3.91. The van der Waals surface area contributed by atoms with Gasteiger partial charge < -0.3 is 19.1 Å². The molecule has 0 saturated carbocycles. The van der Waals surface area contributed by atoms with E-state index < -0.39 is 6.04 Å². The van der Waals surface area contributed by atoms with Crippen LogP contribution in [-0.4, -0.2) is 50.2 Å². The minimum absolute atomic E-state index is 0.0174. The van der Waals surface area contributed by atoms with Gasteiger partial charge in [0, 0.05) is 13.0 Å². The van der Waals surface area contributed by atoms with Crippen LogP contribution in [0.1, 0.15) is 25.7 Å². The lowest BCUT2D eigenvalue weighted by Gasteiger charge is -2.22. The van der Waals surface area contributed by atoms with Crippen LogP contribution in [0.15, 0.2) is 24.3 Å². The van der Waals surface area contributed by atoms with Crippen molar-refractivity contribution in [1.82, 2.24) is 4.90 Å². The maximum Gasteiger partial charge on any atom is 0.328 e. The third-order valence-corrected chi connectivity index (χ3v) is 3.91. The molecule has 1 aliphatic rings. The summed E-state index contributed by atoms with van der Waals surface area (Å²) < 4.78 is 15.4. The Balaban J connectivity index is 1.72. The number of methoxy groups -OCH3 is 2. The average Bonchev–Trinajstić information content (AvgIpc) is 3.08. The Hall–Kier alpha value is -2.24. The molecule has 1 unspecified atom stereocenters.